The molecule has 4 heterocycles. The molecule has 0 spiro atoms. The molecular formula is C20H18N6O3S2. The number of fused-ring (bicyclic) bond motifs is 2. The predicted molar refractivity (Wildman–Crippen MR) is 115 cm³/mol. The van der Waals surface area contributed by atoms with E-state index in [1.165, 1.54) is 23.6 Å². The lowest BCUT2D eigenvalue weighted by molar-refractivity contribution is -0.133. The van der Waals surface area contributed by atoms with Gasteiger partial charge in [0.05, 0.1) is 32.9 Å². The average molecular weight is 455 g/mol. The number of hydrogen-bond acceptors (Lipinski definition) is 8. The zero-order valence-electron chi connectivity index (χ0n) is 16.5. The van der Waals surface area contributed by atoms with Crippen molar-refractivity contribution in [3.05, 3.63) is 70.8 Å². The Kier molecular flexibility index (Phi) is 4.61. The molecule has 5 rings (SSSR count). The van der Waals surface area contributed by atoms with Crippen LogP contribution >= 0.6 is 11.3 Å². The van der Waals surface area contributed by atoms with Crippen molar-refractivity contribution in [3.63, 3.8) is 0 Å². The van der Waals surface area contributed by atoms with E-state index in [0.29, 0.717) is 22.5 Å². The van der Waals surface area contributed by atoms with Gasteiger partial charge in [0, 0.05) is 30.2 Å². The van der Waals surface area contributed by atoms with Gasteiger partial charge in [-0.3, -0.25) is 9.78 Å². The highest BCUT2D eigenvalue weighted by molar-refractivity contribution is 7.89. The Bertz CT molecular complexity index is 1400. The second-order valence-corrected chi connectivity index (χ2v) is 9.99. The Morgan fingerprint density at radius 3 is 2.84 bits per heavy atom. The van der Waals surface area contributed by atoms with Crippen molar-refractivity contribution in [2.24, 2.45) is 5.73 Å². The van der Waals surface area contributed by atoms with Crippen molar-refractivity contribution >= 4 is 37.5 Å². The number of rotatable bonds is 4. The molecule has 4 aromatic rings. The van der Waals surface area contributed by atoms with Gasteiger partial charge in [-0.2, -0.15) is 17.6 Å². The monoisotopic (exact) mass is 454 g/mol. The third-order valence-corrected chi connectivity index (χ3v) is 7.69. The van der Waals surface area contributed by atoms with E-state index in [0.717, 1.165) is 14.3 Å². The summed E-state index contributed by atoms with van der Waals surface area (Å²) in [4.78, 5) is 23.0. The van der Waals surface area contributed by atoms with Gasteiger partial charge in [-0.15, -0.1) is 11.3 Å². The molecule has 1 aromatic carbocycles. The Morgan fingerprint density at radius 2 is 2.06 bits per heavy atom. The summed E-state index contributed by atoms with van der Waals surface area (Å²) in [5.74, 6) is -0.251. The van der Waals surface area contributed by atoms with Gasteiger partial charge in [-0.25, -0.2) is 4.98 Å². The maximum absolute atomic E-state index is 13.0. The first-order chi connectivity index (χ1) is 14.8. The molecule has 2 N–H and O–H groups in total. The molecule has 0 aliphatic carbocycles. The summed E-state index contributed by atoms with van der Waals surface area (Å²) in [5.41, 5.74) is 11.2. The zero-order chi connectivity index (χ0) is 21.8. The lowest BCUT2D eigenvalue weighted by Gasteiger charge is -2.21. The van der Waals surface area contributed by atoms with Gasteiger partial charge < -0.3 is 10.6 Å². The van der Waals surface area contributed by atoms with Crippen LogP contribution in [0.1, 0.15) is 28.6 Å². The molecule has 0 fully saturated rings. The van der Waals surface area contributed by atoms with Crippen LogP contribution in [0.4, 0.5) is 0 Å². The van der Waals surface area contributed by atoms with Crippen molar-refractivity contribution in [2.45, 2.75) is 31.0 Å². The lowest BCUT2D eigenvalue weighted by Crippen LogP contribution is -2.35. The van der Waals surface area contributed by atoms with E-state index in [1.807, 2.05) is 0 Å². The summed E-state index contributed by atoms with van der Waals surface area (Å²) in [7, 11) is -3.84. The maximum Gasteiger partial charge on any atom is 0.283 e. The molecular weight excluding hydrogens is 436 g/mol. The lowest BCUT2D eigenvalue weighted by atomic mass is 10.1. The van der Waals surface area contributed by atoms with Crippen LogP contribution in [0.5, 0.6) is 0 Å². The van der Waals surface area contributed by atoms with Gasteiger partial charge in [0.25, 0.3) is 10.0 Å². The quantitative estimate of drug-likeness (QED) is 0.500. The number of aryl methyl sites for hydroxylation is 1. The number of thiazole rings is 1. The molecule has 1 aliphatic heterocycles. The molecule has 0 unspecified atom stereocenters. The number of aromatic nitrogens is 4. The topological polar surface area (TPSA) is 124 Å². The van der Waals surface area contributed by atoms with Crippen LogP contribution in [0.25, 0.3) is 10.2 Å². The van der Waals surface area contributed by atoms with Crippen molar-refractivity contribution in [2.75, 3.05) is 0 Å². The van der Waals surface area contributed by atoms with Crippen molar-refractivity contribution < 1.29 is 13.2 Å². The number of amides is 1. The first-order valence-corrected chi connectivity index (χ1v) is 11.8. The molecule has 0 bridgehead atoms. The largest absolute Gasteiger partial charge is 0.331 e. The molecule has 9 nitrogen and oxygen atoms in total. The molecule has 31 heavy (non-hydrogen) atoms. The number of nitrogens with two attached hydrogens (primary N) is 1. The predicted octanol–water partition coefficient (Wildman–Crippen LogP) is 1.98. The molecule has 1 atom stereocenters. The average Bonchev–Trinajstić information content (AvgIpc) is 3.47. The van der Waals surface area contributed by atoms with Gasteiger partial charge in [-0.05, 0) is 36.8 Å². The number of carbonyl (C=O) groups excluding carboxylic acids is 1. The number of benzene rings is 1. The molecule has 158 valence electrons. The SMILES string of the molecule is Cc1ncccc1[C@@H](N)C(=O)N1Cc2cn(S(=O)(=O)c3ccc4ncsc4c3)nc2C1. The van der Waals surface area contributed by atoms with Crippen LogP contribution < -0.4 is 5.73 Å². The fraction of sp³-hybridized carbons (Fsp3) is 0.200. The van der Waals surface area contributed by atoms with E-state index in [9.17, 15) is 13.2 Å². The normalized spacial score (nSPS) is 14.7. The Labute approximate surface area is 182 Å². The molecule has 0 saturated carbocycles. The fourth-order valence-corrected chi connectivity index (χ4v) is 5.65. The van der Waals surface area contributed by atoms with Crippen LogP contribution in [0, 0.1) is 6.92 Å². The second kappa shape index (κ2) is 7.22. The third-order valence-electron chi connectivity index (χ3n) is 5.37. The fourth-order valence-electron chi connectivity index (χ4n) is 3.67. The third kappa shape index (κ3) is 3.30. The van der Waals surface area contributed by atoms with E-state index in [1.54, 1.807) is 47.8 Å². The maximum atomic E-state index is 13.0. The second-order valence-electron chi connectivity index (χ2n) is 7.31. The molecule has 0 saturated heterocycles. The standard InChI is InChI=1S/C20H18N6O3S2/c1-12-15(3-2-6-22-12)19(21)20(27)25-8-13-9-26(24-17(13)10-25)31(28,29)14-4-5-16-18(7-14)30-11-23-16/h2-7,9,11,19H,8,10,21H2,1H3/t19-/m1/s1. The highest BCUT2D eigenvalue weighted by atomic mass is 32.2. The van der Waals surface area contributed by atoms with E-state index >= 15 is 0 Å². The molecule has 0 radical (unpaired) electrons. The van der Waals surface area contributed by atoms with E-state index in [4.69, 9.17) is 5.73 Å². The van der Waals surface area contributed by atoms with Crippen LogP contribution in [-0.2, 0) is 27.9 Å². The van der Waals surface area contributed by atoms with Crippen LogP contribution in [0.3, 0.4) is 0 Å². The molecule has 1 aliphatic rings. The number of hydrogen-bond donors (Lipinski definition) is 1. The van der Waals surface area contributed by atoms with Gasteiger partial charge >= 0.3 is 0 Å². The summed E-state index contributed by atoms with van der Waals surface area (Å²) in [5, 5.41) is 4.26. The summed E-state index contributed by atoms with van der Waals surface area (Å²) in [6.45, 7) is 2.27. The molecule has 11 heteroatoms. The zero-order valence-corrected chi connectivity index (χ0v) is 18.1. The van der Waals surface area contributed by atoms with E-state index in [-0.39, 0.29) is 23.9 Å². The molecule has 3 aromatic heterocycles. The highest BCUT2D eigenvalue weighted by Gasteiger charge is 2.32. The number of pyridine rings is 1. The summed E-state index contributed by atoms with van der Waals surface area (Å²) >= 11 is 1.38. The number of nitrogens with zero attached hydrogens (tertiary/aromatic N) is 5. The first kappa shape index (κ1) is 19.8. The van der Waals surface area contributed by atoms with Crippen LogP contribution in [0.2, 0.25) is 0 Å². The summed E-state index contributed by atoms with van der Waals surface area (Å²) < 4.78 is 27.8. The van der Waals surface area contributed by atoms with Crippen molar-refractivity contribution in [3.8, 4) is 0 Å². The minimum atomic E-state index is -3.84. The van der Waals surface area contributed by atoms with Gasteiger partial charge in [0.15, 0.2) is 0 Å². The van der Waals surface area contributed by atoms with Crippen molar-refractivity contribution in [1.29, 1.82) is 0 Å². The van der Waals surface area contributed by atoms with E-state index in [2.05, 4.69) is 15.1 Å². The smallest absolute Gasteiger partial charge is 0.283 e. The Hall–Kier alpha value is -3.15. The minimum Gasteiger partial charge on any atom is -0.331 e. The van der Waals surface area contributed by atoms with Gasteiger partial charge in [0.2, 0.25) is 5.91 Å². The van der Waals surface area contributed by atoms with Crippen molar-refractivity contribution in [1.82, 2.24) is 24.1 Å². The highest BCUT2D eigenvalue weighted by Crippen LogP contribution is 2.28. The molecule has 1 amide bonds. The van der Waals surface area contributed by atoms with E-state index < -0.39 is 16.1 Å². The first-order valence-electron chi connectivity index (χ1n) is 9.47. The van der Waals surface area contributed by atoms with Gasteiger partial charge in [0.1, 0.15) is 6.04 Å². The van der Waals surface area contributed by atoms with Crippen LogP contribution in [-0.4, -0.2) is 38.4 Å². The summed E-state index contributed by atoms with van der Waals surface area (Å²) in [6, 6.07) is 7.49. The Balaban J connectivity index is 1.37. The Morgan fingerprint density at radius 1 is 1.23 bits per heavy atom. The number of carbonyl (C=O) groups is 1. The van der Waals surface area contributed by atoms with Gasteiger partial charge in [-0.1, -0.05) is 6.07 Å². The van der Waals surface area contributed by atoms with Crippen LogP contribution in [0.15, 0.2) is 53.1 Å². The minimum absolute atomic E-state index is 0.146. The summed E-state index contributed by atoms with van der Waals surface area (Å²) in [6.07, 6.45) is 3.12.